The van der Waals surface area contributed by atoms with E-state index in [0.29, 0.717) is 15.2 Å². The van der Waals surface area contributed by atoms with Crippen LogP contribution in [0.2, 0.25) is 5.02 Å². The number of rotatable bonds is 2. The normalized spacial score (nSPS) is 9.82. The third-order valence-electron chi connectivity index (χ3n) is 2.00. The van der Waals surface area contributed by atoms with Gasteiger partial charge in [-0.2, -0.15) is 0 Å². The Balaban J connectivity index is 2.91. The number of hydrogen-bond donors (Lipinski definition) is 4. The number of nitrogens with one attached hydrogen (secondary N) is 3. The number of aryl methyl sites for hydroxylation is 1. The van der Waals surface area contributed by atoms with Crippen LogP contribution in [0.1, 0.15) is 12.5 Å². The Morgan fingerprint density at radius 3 is 2.71 bits per heavy atom. The fourth-order valence-corrected chi connectivity index (χ4v) is 2.23. The molecule has 7 heteroatoms. The van der Waals surface area contributed by atoms with Gasteiger partial charge in [-0.15, -0.1) is 0 Å². The minimum Gasteiger partial charge on any atom is -0.370 e. The zero-order valence-corrected chi connectivity index (χ0v) is 11.4. The quantitative estimate of drug-likeness (QED) is 0.498. The number of hydrogen-bond acceptors (Lipinski definition) is 2. The lowest BCUT2D eigenvalue weighted by Crippen LogP contribution is -2.38. The summed E-state index contributed by atoms with van der Waals surface area (Å²) in [6.45, 7) is 2.01. The maximum Gasteiger partial charge on any atom is 0.326 e. The van der Waals surface area contributed by atoms with E-state index in [1.54, 1.807) is 6.07 Å². The number of anilines is 1. The van der Waals surface area contributed by atoms with Gasteiger partial charge in [-0.05, 0) is 40.0 Å². The number of urea groups is 1. The van der Waals surface area contributed by atoms with Crippen LogP contribution in [0.15, 0.2) is 16.6 Å². The van der Waals surface area contributed by atoms with Crippen molar-refractivity contribution in [1.29, 1.82) is 5.41 Å². The number of guanidine groups is 1. The van der Waals surface area contributed by atoms with Crippen LogP contribution in [-0.4, -0.2) is 12.0 Å². The van der Waals surface area contributed by atoms with Crippen molar-refractivity contribution in [3.63, 3.8) is 0 Å². The lowest BCUT2D eigenvalue weighted by atomic mass is 10.1. The summed E-state index contributed by atoms with van der Waals surface area (Å²) in [6, 6.07) is 3.04. The van der Waals surface area contributed by atoms with E-state index in [2.05, 4.69) is 26.6 Å². The monoisotopic (exact) mass is 318 g/mol. The minimum atomic E-state index is -0.607. The van der Waals surface area contributed by atoms with Crippen LogP contribution in [0.4, 0.5) is 10.5 Å². The van der Waals surface area contributed by atoms with Crippen molar-refractivity contribution in [2.45, 2.75) is 13.3 Å². The van der Waals surface area contributed by atoms with Gasteiger partial charge in [-0.3, -0.25) is 10.7 Å². The van der Waals surface area contributed by atoms with Crippen molar-refractivity contribution < 1.29 is 4.79 Å². The lowest BCUT2D eigenvalue weighted by Gasteiger charge is -2.11. The molecular formula is C10H12BrClN4O. The molecule has 0 bridgehead atoms. The molecule has 1 rings (SSSR count). The molecule has 0 heterocycles. The number of nitrogens with two attached hydrogens (primary N) is 1. The Hall–Kier alpha value is -1.27. The van der Waals surface area contributed by atoms with Gasteiger partial charge < -0.3 is 11.1 Å². The summed E-state index contributed by atoms with van der Waals surface area (Å²) >= 11 is 9.36. The zero-order valence-electron chi connectivity index (χ0n) is 9.10. The van der Waals surface area contributed by atoms with E-state index < -0.39 is 12.0 Å². The fraction of sp³-hybridized carbons (Fsp3) is 0.200. The van der Waals surface area contributed by atoms with Gasteiger partial charge in [0, 0.05) is 4.47 Å². The average molecular weight is 320 g/mol. The van der Waals surface area contributed by atoms with E-state index in [-0.39, 0.29) is 0 Å². The molecule has 0 fully saturated rings. The molecule has 0 unspecified atom stereocenters. The van der Waals surface area contributed by atoms with Crippen LogP contribution >= 0.6 is 27.5 Å². The maximum atomic E-state index is 11.4. The second kappa shape index (κ2) is 5.88. The highest BCUT2D eigenvalue weighted by Crippen LogP contribution is 2.32. The molecule has 1 aromatic rings. The smallest absolute Gasteiger partial charge is 0.326 e. The first-order valence-electron chi connectivity index (χ1n) is 4.84. The van der Waals surface area contributed by atoms with Crippen molar-refractivity contribution in [2.75, 3.05) is 5.32 Å². The van der Waals surface area contributed by atoms with Gasteiger partial charge in [-0.25, -0.2) is 4.79 Å². The highest BCUT2D eigenvalue weighted by atomic mass is 79.9. The van der Waals surface area contributed by atoms with E-state index >= 15 is 0 Å². The second-order valence-electron chi connectivity index (χ2n) is 3.28. The Morgan fingerprint density at radius 2 is 2.24 bits per heavy atom. The third kappa shape index (κ3) is 3.90. The Bertz CT molecular complexity index is 441. The molecule has 0 atom stereocenters. The fourth-order valence-electron chi connectivity index (χ4n) is 1.22. The van der Waals surface area contributed by atoms with Crippen LogP contribution < -0.4 is 16.4 Å². The van der Waals surface area contributed by atoms with Gasteiger partial charge in [-0.1, -0.05) is 18.5 Å². The predicted molar refractivity (Wildman–Crippen MR) is 72.6 cm³/mol. The van der Waals surface area contributed by atoms with Gasteiger partial charge in [0.05, 0.1) is 10.7 Å². The van der Waals surface area contributed by atoms with Crippen molar-refractivity contribution in [3.05, 3.63) is 27.2 Å². The standard InChI is InChI=1S/C10H12BrClN4O/c1-2-5-3-6(11)8(7(12)4-5)15-10(17)16-9(13)14/h3-4H,2H2,1H3,(H5,13,14,15,16,17). The van der Waals surface area contributed by atoms with E-state index in [0.717, 1.165) is 12.0 Å². The van der Waals surface area contributed by atoms with Crippen LogP contribution in [0.5, 0.6) is 0 Å². The van der Waals surface area contributed by atoms with Gasteiger partial charge in [0.15, 0.2) is 5.96 Å². The maximum absolute atomic E-state index is 11.4. The largest absolute Gasteiger partial charge is 0.370 e. The number of carbonyl (C=O) groups excluding carboxylic acids is 1. The first-order chi connectivity index (χ1) is 7.93. The summed E-state index contributed by atoms with van der Waals surface area (Å²) in [4.78, 5) is 11.4. The lowest BCUT2D eigenvalue weighted by molar-refractivity contribution is 0.256. The molecular weight excluding hydrogens is 307 g/mol. The van der Waals surface area contributed by atoms with Crippen molar-refractivity contribution in [2.24, 2.45) is 5.73 Å². The van der Waals surface area contributed by atoms with Crippen molar-refractivity contribution in [3.8, 4) is 0 Å². The SMILES string of the molecule is CCc1cc(Cl)c(NC(=O)NC(=N)N)c(Br)c1. The number of amides is 2. The molecule has 0 aromatic heterocycles. The van der Waals surface area contributed by atoms with Crippen LogP contribution in [0.3, 0.4) is 0 Å². The summed E-state index contributed by atoms with van der Waals surface area (Å²) in [5.74, 6) is -0.431. The number of carbonyl (C=O) groups is 1. The summed E-state index contributed by atoms with van der Waals surface area (Å²) in [6.07, 6.45) is 0.845. The van der Waals surface area contributed by atoms with Crippen LogP contribution in [-0.2, 0) is 6.42 Å². The van der Waals surface area contributed by atoms with E-state index in [9.17, 15) is 4.79 Å². The topological polar surface area (TPSA) is 91.0 Å². The molecule has 0 aliphatic rings. The molecule has 0 spiro atoms. The second-order valence-corrected chi connectivity index (χ2v) is 4.54. The summed E-state index contributed by atoms with van der Waals surface area (Å²) < 4.78 is 0.681. The molecule has 0 saturated carbocycles. The molecule has 0 aliphatic carbocycles. The molecule has 0 saturated heterocycles. The summed E-state index contributed by atoms with van der Waals surface area (Å²) in [5, 5.41) is 12.0. The van der Waals surface area contributed by atoms with E-state index in [1.807, 2.05) is 13.0 Å². The van der Waals surface area contributed by atoms with Crippen molar-refractivity contribution in [1.82, 2.24) is 5.32 Å². The molecule has 5 nitrogen and oxygen atoms in total. The first-order valence-corrected chi connectivity index (χ1v) is 6.01. The predicted octanol–water partition coefficient (Wildman–Crippen LogP) is 2.68. The molecule has 0 aliphatic heterocycles. The molecule has 0 radical (unpaired) electrons. The van der Waals surface area contributed by atoms with Gasteiger partial charge in [0.1, 0.15) is 0 Å². The molecule has 92 valence electrons. The zero-order chi connectivity index (χ0) is 13.0. The third-order valence-corrected chi connectivity index (χ3v) is 2.92. The van der Waals surface area contributed by atoms with Gasteiger partial charge in [0.25, 0.3) is 0 Å². The molecule has 5 N–H and O–H groups in total. The van der Waals surface area contributed by atoms with E-state index in [4.69, 9.17) is 22.7 Å². The number of benzene rings is 1. The van der Waals surface area contributed by atoms with Crippen LogP contribution in [0.25, 0.3) is 0 Å². The Labute approximate surface area is 112 Å². The van der Waals surface area contributed by atoms with Crippen molar-refractivity contribution >= 4 is 45.2 Å². The Morgan fingerprint density at radius 1 is 1.59 bits per heavy atom. The minimum absolute atomic E-state index is 0.426. The van der Waals surface area contributed by atoms with Crippen LogP contribution in [0, 0.1) is 5.41 Å². The van der Waals surface area contributed by atoms with Gasteiger partial charge in [0.2, 0.25) is 0 Å². The molecule has 2 amide bonds. The Kier molecular flexibility index (Phi) is 4.77. The first kappa shape index (κ1) is 13.8. The highest BCUT2D eigenvalue weighted by Gasteiger charge is 2.11. The summed E-state index contributed by atoms with van der Waals surface area (Å²) in [5.41, 5.74) is 6.54. The molecule has 1 aromatic carbocycles. The van der Waals surface area contributed by atoms with E-state index in [1.165, 1.54) is 0 Å². The highest BCUT2D eigenvalue weighted by molar-refractivity contribution is 9.10. The number of halogens is 2. The van der Waals surface area contributed by atoms with Gasteiger partial charge >= 0.3 is 6.03 Å². The summed E-state index contributed by atoms with van der Waals surface area (Å²) in [7, 11) is 0. The average Bonchev–Trinajstić information content (AvgIpc) is 2.22. The molecule has 17 heavy (non-hydrogen) atoms.